The maximum Gasteiger partial charge on any atom is 0.129 e. The fourth-order valence-corrected chi connectivity index (χ4v) is 1.57. The van der Waals surface area contributed by atoms with Crippen molar-refractivity contribution < 1.29 is 0 Å². The molecule has 0 radical (unpaired) electrons. The van der Waals surface area contributed by atoms with E-state index in [1.807, 2.05) is 13.0 Å². The van der Waals surface area contributed by atoms with Crippen molar-refractivity contribution in [2.45, 2.75) is 45.4 Å². The van der Waals surface area contributed by atoms with E-state index in [9.17, 15) is 0 Å². The molecule has 0 saturated heterocycles. The number of nitrogens with one attached hydrogen (secondary N) is 1. The molecule has 0 aliphatic carbocycles. The second-order valence-electron chi connectivity index (χ2n) is 3.87. The number of nitrogens with zero attached hydrogens (tertiary/aromatic N) is 2. The van der Waals surface area contributed by atoms with Crippen LogP contribution < -0.4 is 5.32 Å². The summed E-state index contributed by atoms with van der Waals surface area (Å²) in [5.41, 5.74) is 1.08. The van der Waals surface area contributed by atoms with Crippen LogP contribution in [0.25, 0.3) is 0 Å². The molecular formula is C12H20ClN3. The van der Waals surface area contributed by atoms with Crippen LogP contribution in [0.3, 0.4) is 0 Å². The molecule has 4 heteroatoms. The van der Waals surface area contributed by atoms with Gasteiger partial charge in [-0.2, -0.15) is 0 Å². The van der Waals surface area contributed by atoms with Crippen LogP contribution >= 0.6 is 11.6 Å². The normalized spacial score (nSPS) is 12.5. The third kappa shape index (κ3) is 4.35. The molecule has 0 spiro atoms. The predicted molar refractivity (Wildman–Crippen MR) is 69.2 cm³/mol. The molecule has 3 nitrogen and oxygen atoms in total. The maximum absolute atomic E-state index is 6.05. The van der Waals surface area contributed by atoms with E-state index < -0.39 is 0 Å². The van der Waals surface area contributed by atoms with E-state index in [1.165, 1.54) is 0 Å². The Labute approximate surface area is 103 Å². The lowest BCUT2D eigenvalue weighted by molar-refractivity contribution is 0.751. The quantitative estimate of drug-likeness (QED) is 0.778. The summed E-state index contributed by atoms with van der Waals surface area (Å²) < 4.78 is 0. The molecule has 0 amide bonds. The van der Waals surface area contributed by atoms with Crippen LogP contribution in [0, 0.1) is 6.92 Å². The first kappa shape index (κ1) is 13.2. The zero-order chi connectivity index (χ0) is 12.0. The number of anilines is 1. The maximum atomic E-state index is 6.05. The smallest absolute Gasteiger partial charge is 0.129 e. The number of rotatable bonds is 6. The van der Waals surface area contributed by atoms with E-state index in [2.05, 4.69) is 29.1 Å². The molecule has 1 aromatic rings. The van der Waals surface area contributed by atoms with E-state index in [0.717, 1.165) is 43.1 Å². The van der Waals surface area contributed by atoms with Gasteiger partial charge in [-0.3, -0.25) is 0 Å². The van der Waals surface area contributed by atoms with Gasteiger partial charge >= 0.3 is 0 Å². The van der Waals surface area contributed by atoms with Gasteiger partial charge in [0.25, 0.3) is 0 Å². The number of aryl methyl sites for hydroxylation is 2. The summed E-state index contributed by atoms with van der Waals surface area (Å²) >= 11 is 6.05. The molecule has 90 valence electrons. The fraction of sp³-hybridized carbons (Fsp3) is 0.667. The van der Waals surface area contributed by atoms with Crippen LogP contribution in [-0.2, 0) is 6.42 Å². The van der Waals surface area contributed by atoms with Crippen LogP contribution in [0.1, 0.15) is 38.2 Å². The number of hydrogen-bond acceptors (Lipinski definition) is 3. The van der Waals surface area contributed by atoms with E-state index >= 15 is 0 Å². The first-order valence-electron chi connectivity index (χ1n) is 5.88. The van der Waals surface area contributed by atoms with Crippen LogP contribution in [0.5, 0.6) is 0 Å². The topological polar surface area (TPSA) is 37.8 Å². The molecule has 0 fully saturated rings. The van der Waals surface area contributed by atoms with Crippen LogP contribution in [0.4, 0.5) is 5.82 Å². The molecule has 16 heavy (non-hydrogen) atoms. The van der Waals surface area contributed by atoms with E-state index in [0.29, 0.717) is 0 Å². The standard InChI is InChI=1S/C12H20ClN3/c1-4-10(13)6-7-14-12-8-11(5-2)15-9(3)16-12/h8,10H,4-7H2,1-3H3,(H,14,15,16). The Balaban J connectivity index is 2.50. The third-order valence-electron chi connectivity index (χ3n) is 2.46. The van der Waals surface area contributed by atoms with Crippen molar-refractivity contribution in [3.63, 3.8) is 0 Å². The largest absolute Gasteiger partial charge is 0.370 e. The van der Waals surface area contributed by atoms with Gasteiger partial charge in [0, 0.05) is 23.7 Å². The SMILES string of the molecule is CCc1cc(NCCC(Cl)CC)nc(C)n1. The number of hydrogen-bond donors (Lipinski definition) is 1. The van der Waals surface area contributed by atoms with Gasteiger partial charge in [-0.1, -0.05) is 13.8 Å². The number of alkyl halides is 1. The minimum atomic E-state index is 0.251. The van der Waals surface area contributed by atoms with Gasteiger partial charge in [-0.05, 0) is 26.2 Å². The predicted octanol–water partition coefficient (Wildman–Crippen LogP) is 3.17. The average molecular weight is 242 g/mol. The highest BCUT2D eigenvalue weighted by Crippen LogP contribution is 2.10. The van der Waals surface area contributed by atoms with Crippen molar-refractivity contribution in [3.8, 4) is 0 Å². The van der Waals surface area contributed by atoms with Crippen molar-refractivity contribution >= 4 is 17.4 Å². The summed E-state index contributed by atoms with van der Waals surface area (Å²) in [5, 5.41) is 3.54. The van der Waals surface area contributed by atoms with Crippen molar-refractivity contribution in [1.29, 1.82) is 0 Å². The van der Waals surface area contributed by atoms with Crippen LogP contribution in [-0.4, -0.2) is 21.9 Å². The molecule has 0 aliphatic rings. The minimum absolute atomic E-state index is 0.251. The van der Waals surface area contributed by atoms with E-state index in [1.54, 1.807) is 0 Å². The zero-order valence-corrected chi connectivity index (χ0v) is 11.0. The first-order valence-corrected chi connectivity index (χ1v) is 6.31. The average Bonchev–Trinajstić information content (AvgIpc) is 2.28. The molecule has 1 aromatic heterocycles. The molecule has 1 N–H and O–H groups in total. The highest BCUT2D eigenvalue weighted by Gasteiger charge is 2.02. The Bertz CT molecular complexity index is 328. The molecule has 1 atom stereocenters. The van der Waals surface area contributed by atoms with Gasteiger partial charge in [-0.15, -0.1) is 11.6 Å². The highest BCUT2D eigenvalue weighted by atomic mass is 35.5. The summed E-state index contributed by atoms with van der Waals surface area (Å²) in [6, 6.07) is 2.00. The van der Waals surface area contributed by atoms with Crippen molar-refractivity contribution in [3.05, 3.63) is 17.6 Å². The van der Waals surface area contributed by atoms with Gasteiger partial charge in [0.1, 0.15) is 11.6 Å². The number of aromatic nitrogens is 2. The Hall–Kier alpha value is -0.830. The van der Waals surface area contributed by atoms with E-state index in [4.69, 9.17) is 11.6 Å². The lowest BCUT2D eigenvalue weighted by atomic mass is 10.2. The molecule has 0 aromatic carbocycles. The van der Waals surface area contributed by atoms with Crippen molar-refractivity contribution in [1.82, 2.24) is 9.97 Å². The Kier molecular flexibility index (Phi) is 5.53. The van der Waals surface area contributed by atoms with Crippen molar-refractivity contribution in [2.24, 2.45) is 0 Å². The monoisotopic (exact) mass is 241 g/mol. The van der Waals surface area contributed by atoms with Gasteiger partial charge in [0.05, 0.1) is 0 Å². The van der Waals surface area contributed by atoms with Gasteiger partial charge in [0.2, 0.25) is 0 Å². The summed E-state index contributed by atoms with van der Waals surface area (Å²) in [4.78, 5) is 8.67. The lowest BCUT2D eigenvalue weighted by Gasteiger charge is -2.09. The molecule has 0 bridgehead atoms. The minimum Gasteiger partial charge on any atom is -0.370 e. The summed E-state index contributed by atoms with van der Waals surface area (Å²) in [7, 11) is 0. The molecule has 0 aliphatic heterocycles. The Morgan fingerprint density at radius 2 is 2.12 bits per heavy atom. The Morgan fingerprint density at radius 1 is 1.38 bits per heavy atom. The summed E-state index contributed by atoms with van der Waals surface area (Å²) in [6.07, 6.45) is 2.90. The Morgan fingerprint density at radius 3 is 2.75 bits per heavy atom. The van der Waals surface area contributed by atoms with Crippen LogP contribution in [0.2, 0.25) is 0 Å². The van der Waals surface area contributed by atoms with E-state index in [-0.39, 0.29) is 5.38 Å². The number of halogens is 1. The van der Waals surface area contributed by atoms with Gasteiger partial charge in [-0.25, -0.2) is 9.97 Å². The second kappa shape index (κ2) is 6.69. The van der Waals surface area contributed by atoms with Gasteiger partial charge < -0.3 is 5.32 Å². The molecule has 1 heterocycles. The zero-order valence-electron chi connectivity index (χ0n) is 10.3. The molecule has 1 unspecified atom stereocenters. The second-order valence-corrected chi connectivity index (χ2v) is 4.48. The molecular weight excluding hydrogens is 222 g/mol. The van der Waals surface area contributed by atoms with Crippen LogP contribution in [0.15, 0.2) is 6.07 Å². The molecule has 1 rings (SSSR count). The lowest BCUT2D eigenvalue weighted by Crippen LogP contribution is -2.10. The summed E-state index contributed by atoms with van der Waals surface area (Å²) in [5.74, 6) is 1.73. The molecule has 0 saturated carbocycles. The third-order valence-corrected chi connectivity index (χ3v) is 2.99. The van der Waals surface area contributed by atoms with Crippen molar-refractivity contribution in [2.75, 3.05) is 11.9 Å². The fourth-order valence-electron chi connectivity index (χ4n) is 1.46. The first-order chi connectivity index (χ1) is 7.65. The highest BCUT2D eigenvalue weighted by molar-refractivity contribution is 6.20. The summed E-state index contributed by atoms with van der Waals surface area (Å²) in [6.45, 7) is 6.97. The van der Waals surface area contributed by atoms with Gasteiger partial charge in [0.15, 0.2) is 0 Å².